The first kappa shape index (κ1) is 8.62. The van der Waals surface area contributed by atoms with E-state index in [2.05, 4.69) is 16.9 Å². The normalized spacial score (nSPS) is 9.17. The van der Waals surface area contributed by atoms with Crippen molar-refractivity contribution < 1.29 is 0 Å². The molecule has 0 aliphatic carbocycles. The van der Waals surface area contributed by atoms with Crippen molar-refractivity contribution in [3.63, 3.8) is 0 Å². The van der Waals surface area contributed by atoms with Gasteiger partial charge in [0.15, 0.2) is 0 Å². The van der Waals surface area contributed by atoms with Crippen LogP contribution in [0.25, 0.3) is 10.4 Å². The molecule has 0 aliphatic rings. The van der Waals surface area contributed by atoms with Gasteiger partial charge in [0, 0.05) is 10.6 Å². The van der Waals surface area contributed by atoms with Crippen LogP contribution in [0.2, 0.25) is 0 Å². The Kier molecular flexibility index (Phi) is 2.72. The number of benzene rings is 1. The van der Waals surface area contributed by atoms with Crippen LogP contribution in [0, 0.1) is 6.92 Å². The molecule has 0 bridgehead atoms. The maximum Gasteiger partial charge on any atom is 0.0378 e. The molecule has 0 fully saturated rings. The van der Waals surface area contributed by atoms with Crippen molar-refractivity contribution in [2.24, 2.45) is 5.11 Å². The Hall–Kier alpha value is -1.47. The Balaban J connectivity index is 3.09. The highest BCUT2D eigenvalue weighted by atomic mass is 15.1. The summed E-state index contributed by atoms with van der Waals surface area (Å²) >= 11 is 0. The first-order valence-electron chi connectivity index (χ1n) is 3.92. The highest BCUT2D eigenvalue weighted by molar-refractivity contribution is 5.43. The zero-order chi connectivity index (χ0) is 8.97. The minimum Gasteiger partial charge on any atom is -0.0613 e. The molecule has 62 valence electrons. The standard InChI is InChI=1S/C9H11N3/c1-3-8-4-5-9(11-12-10)6-7(8)2/h4-6H,3H2,1-2H3. The molecule has 0 N–H and O–H groups in total. The second kappa shape index (κ2) is 3.79. The van der Waals surface area contributed by atoms with Gasteiger partial charge in [0.05, 0.1) is 0 Å². The molecule has 3 heteroatoms. The lowest BCUT2D eigenvalue weighted by atomic mass is 10.1. The van der Waals surface area contributed by atoms with E-state index in [-0.39, 0.29) is 0 Å². The topological polar surface area (TPSA) is 48.8 Å². The number of azide groups is 1. The Bertz CT molecular complexity index is 325. The second-order valence-electron chi connectivity index (χ2n) is 2.65. The average molecular weight is 161 g/mol. The fraction of sp³-hybridized carbons (Fsp3) is 0.333. The Morgan fingerprint density at radius 3 is 2.75 bits per heavy atom. The second-order valence-corrected chi connectivity index (χ2v) is 2.65. The summed E-state index contributed by atoms with van der Waals surface area (Å²) < 4.78 is 0. The van der Waals surface area contributed by atoms with Gasteiger partial charge in [-0.15, -0.1) is 0 Å². The van der Waals surface area contributed by atoms with Crippen LogP contribution in [0.1, 0.15) is 18.1 Å². The van der Waals surface area contributed by atoms with Crippen LogP contribution in [0.15, 0.2) is 23.3 Å². The van der Waals surface area contributed by atoms with E-state index in [0.29, 0.717) is 5.69 Å². The van der Waals surface area contributed by atoms with Crippen molar-refractivity contribution in [1.29, 1.82) is 0 Å². The third kappa shape index (κ3) is 1.77. The van der Waals surface area contributed by atoms with Crippen LogP contribution in [0.5, 0.6) is 0 Å². The van der Waals surface area contributed by atoms with E-state index in [1.54, 1.807) is 0 Å². The molecule has 1 rings (SSSR count). The van der Waals surface area contributed by atoms with Gasteiger partial charge < -0.3 is 0 Å². The van der Waals surface area contributed by atoms with Crippen molar-refractivity contribution in [2.45, 2.75) is 20.3 Å². The zero-order valence-corrected chi connectivity index (χ0v) is 7.28. The maximum absolute atomic E-state index is 8.20. The molecule has 0 unspecified atom stereocenters. The lowest BCUT2D eigenvalue weighted by molar-refractivity contribution is 1.11. The molecule has 0 spiro atoms. The van der Waals surface area contributed by atoms with Gasteiger partial charge in [-0.2, -0.15) is 0 Å². The summed E-state index contributed by atoms with van der Waals surface area (Å²) in [6, 6.07) is 5.74. The molecular weight excluding hydrogens is 150 g/mol. The molecule has 0 aliphatic heterocycles. The van der Waals surface area contributed by atoms with Crippen molar-refractivity contribution in [1.82, 2.24) is 0 Å². The first-order valence-corrected chi connectivity index (χ1v) is 3.92. The monoisotopic (exact) mass is 161 g/mol. The molecule has 1 aromatic rings. The molecule has 0 atom stereocenters. The van der Waals surface area contributed by atoms with E-state index in [1.165, 1.54) is 11.1 Å². The number of rotatable bonds is 2. The van der Waals surface area contributed by atoms with Gasteiger partial charge in [-0.05, 0) is 36.1 Å². The molecule has 1 aromatic carbocycles. The SMILES string of the molecule is CCc1ccc(N=[N+]=[N-])cc1C. The zero-order valence-electron chi connectivity index (χ0n) is 7.28. The lowest BCUT2D eigenvalue weighted by Gasteiger charge is -2.02. The van der Waals surface area contributed by atoms with Gasteiger partial charge in [0.2, 0.25) is 0 Å². The molecule has 0 heterocycles. The number of nitrogens with zero attached hydrogens (tertiary/aromatic N) is 3. The predicted molar refractivity (Wildman–Crippen MR) is 49.4 cm³/mol. The molecule has 12 heavy (non-hydrogen) atoms. The van der Waals surface area contributed by atoms with Gasteiger partial charge in [0.1, 0.15) is 0 Å². The maximum atomic E-state index is 8.20. The van der Waals surface area contributed by atoms with Gasteiger partial charge in [0.25, 0.3) is 0 Å². The molecule has 0 radical (unpaired) electrons. The van der Waals surface area contributed by atoms with E-state index in [9.17, 15) is 0 Å². The smallest absolute Gasteiger partial charge is 0.0378 e. The summed E-state index contributed by atoms with van der Waals surface area (Å²) in [5.41, 5.74) is 11.4. The predicted octanol–water partition coefficient (Wildman–Crippen LogP) is 3.50. The highest BCUT2D eigenvalue weighted by Crippen LogP contribution is 2.17. The Labute approximate surface area is 71.7 Å². The average Bonchev–Trinajstić information content (AvgIpc) is 2.05. The van der Waals surface area contributed by atoms with Crippen LogP contribution >= 0.6 is 0 Å². The van der Waals surface area contributed by atoms with Crippen molar-refractivity contribution >= 4 is 5.69 Å². The first-order chi connectivity index (χ1) is 5.77. The van der Waals surface area contributed by atoms with Gasteiger partial charge in [-0.25, -0.2) is 0 Å². The van der Waals surface area contributed by atoms with E-state index >= 15 is 0 Å². The minimum atomic E-state index is 0.687. The van der Waals surface area contributed by atoms with Crippen molar-refractivity contribution in [2.75, 3.05) is 0 Å². The summed E-state index contributed by atoms with van der Waals surface area (Å²) in [5, 5.41) is 3.52. The molecular formula is C9H11N3. The molecule has 3 nitrogen and oxygen atoms in total. The fourth-order valence-electron chi connectivity index (χ4n) is 1.19. The van der Waals surface area contributed by atoms with Crippen molar-refractivity contribution in [3.8, 4) is 0 Å². The molecule has 0 saturated heterocycles. The Morgan fingerprint density at radius 2 is 2.25 bits per heavy atom. The minimum absolute atomic E-state index is 0.687. The third-order valence-electron chi connectivity index (χ3n) is 1.87. The number of aryl methyl sites for hydroxylation is 2. The van der Waals surface area contributed by atoms with Crippen LogP contribution in [-0.2, 0) is 6.42 Å². The summed E-state index contributed by atoms with van der Waals surface area (Å²) in [7, 11) is 0. The molecule has 0 amide bonds. The summed E-state index contributed by atoms with van der Waals surface area (Å²) in [4.78, 5) is 2.73. The quantitative estimate of drug-likeness (QED) is 0.362. The largest absolute Gasteiger partial charge is 0.0613 e. The lowest BCUT2D eigenvalue weighted by Crippen LogP contribution is -1.83. The van der Waals surface area contributed by atoms with Crippen LogP contribution in [0.4, 0.5) is 5.69 Å². The third-order valence-corrected chi connectivity index (χ3v) is 1.87. The van der Waals surface area contributed by atoms with Crippen LogP contribution < -0.4 is 0 Å². The van der Waals surface area contributed by atoms with E-state index < -0.39 is 0 Å². The van der Waals surface area contributed by atoms with Gasteiger partial charge in [-0.1, -0.05) is 24.2 Å². The summed E-state index contributed by atoms with van der Waals surface area (Å²) in [5.74, 6) is 0. The summed E-state index contributed by atoms with van der Waals surface area (Å²) in [6.07, 6.45) is 1.02. The van der Waals surface area contributed by atoms with E-state index in [0.717, 1.165) is 6.42 Å². The Morgan fingerprint density at radius 1 is 1.50 bits per heavy atom. The number of hydrogen-bond acceptors (Lipinski definition) is 1. The summed E-state index contributed by atoms with van der Waals surface area (Å²) in [6.45, 7) is 4.13. The molecule has 0 aromatic heterocycles. The number of hydrogen-bond donors (Lipinski definition) is 0. The van der Waals surface area contributed by atoms with Crippen LogP contribution in [0.3, 0.4) is 0 Å². The highest BCUT2D eigenvalue weighted by Gasteiger charge is 1.95. The molecule has 0 saturated carbocycles. The fourth-order valence-corrected chi connectivity index (χ4v) is 1.19. The van der Waals surface area contributed by atoms with Gasteiger partial charge >= 0.3 is 0 Å². The van der Waals surface area contributed by atoms with Crippen LogP contribution in [-0.4, -0.2) is 0 Å². The van der Waals surface area contributed by atoms with E-state index in [1.807, 2.05) is 25.1 Å². The van der Waals surface area contributed by atoms with Gasteiger partial charge in [-0.3, -0.25) is 0 Å². The van der Waals surface area contributed by atoms with Crippen molar-refractivity contribution in [3.05, 3.63) is 39.8 Å². The van der Waals surface area contributed by atoms with E-state index in [4.69, 9.17) is 5.53 Å².